The van der Waals surface area contributed by atoms with Gasteiger partial charge in [0.25, 0.3) is 0 Å². The largest absolute Gasteiger partial charge is 0.444 e. The van der Waals surface area contributed by atoms with Crippen LogP contribution in [0.1, 0.15) is 30.5 Å². The van der Waals surface area contributed by atoms with E-state index < -0.39 is 5.60 Å². The fraction of sp³-hybridized carbons (Fsp3) is 0.625. The van der Waals surface area contributed by atoms with Gasteiger partial charge in [-0.2, -0.15) is 0 Å². The van der Waals surface area contributed by atoms with Crippen LogP contribution in [0.5, 0.6) is 0 Å². The Bertz CT molecular complexity index is 569. The number of piperazine rings is 1. The predicted octanol–water partition coefficient (Wildman–Crippen LogP) is 2.42. The molecule has 1 fully saturated rings. The topological polar surface area (TPSA) is 71.2 Å². The Kier molecular flexibility index (Phi) is 5.51. The van der Waals surface area contributed by atoms with Gasteiger partial charge in [0, 0.05) is 35.9 Å². The van der Waals surface area contributed by atoms with Gasteiger partial charge in [0.2, 0.25) is 0 Å². The van der Waals surface area contributed by atoms with Crippen molar-refractivity contribution in [1.29, 1.82) is 0 Å². The van der Waals surface area contributed by atoms with Crippen molar-refractivity contribution >= 4 is 23.4 Å². The molecule has 1 aromatic rings. The highest BCUT2D eigenvalue weighted by Gasteiger charge is 2.26. The van der Waals surface area contributed by atoms with Crippen LogP contribution in [0, 0.1) is 6.92 Å². The first-order valence-electron chi connectivity index (χ1n) is 7.83. The van der Waals surface area contributed by atoms with Crippen LogP contribution >= 0.6 is 11.3 Å². The monoisotopic (exact) mass is 338 g/mol. The number of hydrogen-bond donors (Lipinski definition) is 1. The third-order valence-electron chi connectivity index (χ3n) is 3.45. The van der Waals surface area contributed by atoms with Crippen molar-refractivity contribution in [3.05, 3.63) is 21.9 Å². The lowest BCUT2D eigenvalue weighted by Gasteiger charge is -2.36. The fourth-order valence-corrected chi connectivity index (χ4v) is 3.09. The normalized spacial score (nSPS) is 16.6. The van der Waals surface area contributed by atoms with E-state index in [4.69, 9.17) is 10.5 Å². The lowest BCUT2D eigenvalue weighted by molar-refractivity contribution is 0.0186. The maximum Gasteiger partial charge on any atom is 0.410 e. The summed E-state index contributed by atoms with van der Waals surface area (Å²) in [5, 5.41) is 0. The van der Waals surface area contributed by atoms with Crippen LogP contribution < -0.4 is 5.73 Å². The van der Waals surface area contributed by atoms with E-state index >= 15 is 0 Å². The Balaban J connectivity index is 1.82. The molecule has 6 nitrogen and oxygen atoms in total. The van der Waals surface area contributed by atoms with Gasteiger partial charge < -0.3 is 20.3 Å². The van der Waals surface area contributed by atoms with Gasteiger partial charge in [-0.15, -0.1) is 11.3 Å². The molecule has 0 saturated carbocycles. The van der Waals surface area contributed by atoms with Crippen LogP contribution in [-0.4, -0.2) is 53.6 Å². The maximum absolute atomic E-state index is 12.0. The van der Waals surface area contributed by atoms with Gasteiger partial charge in [-0.3, -0.25) is 0 Å². The molecule has 2 heterocycles. The van der Waals surface area contributed by atoms with E-state index in [9.17, 15) is 4.79 Å². The lowest BCUT2D eigenvalue weighted by atomic mass is 10.2. The summed E-state index contributed by atoms with van der Waals surface area (Å²) in [6.07, 6.45) is -0.262. The quantitative estimate of drug-likeness (QED) is 0.664. The number of carbonyl (C=O) groups excluding carboxylic acids is 1. The van der Waals surface area contributed by atoms with Crippen molar-refractivity contribution in [2.24, 2.45) is 10.7 Å². The lowest BCUT2D eigenvalue weighted by Crippen LogP contribution is -2.53. The van der Waals surface area contributed by atoms with Gasteiger partial charge in [0.1, 0.15) is 5.60 Å². The zero-order valence-electron chi connectivity index (χ0n) is 14.3. The molecule has 0 aromatic carbocycles. The van der Waals surface area contributed by atoms with Gasteiger partial charge in [0.15, 0.2) is 5.96 Å². The average molecular weight is 338 g/mol. The number of guanidine groups is 1. The molecule has 1 saturated heterocycles. The summed E-state index contributed by atoms with van der Waals surface area (Å²) in [6, 6.07) is 4.17. The number of nitrogens with two attached hydrogens (primary N) is 1. The first-order valence-corrected chi connectivity index (χ1v) is 8.64. The second-order valence-corrected chi connectivity index (χ2v) is 8.01. The SMILES string of the molecule is Cc1ccc(CN=C(N)N2CCN(C(=O)OC(C)(C)C)CC2)s1. The van der Waals surface area contributed by atoms with Crippen molar-refractivity contribution in [3.63, 3.8) is 0 Å². The van der Waals surface area contributed by atoms with E-state index in [2.05, 4.69) is 24.0 Å². The highest BCUT2D eigenvalue weighted by atomic mass is 32.1. The zero-order chi connectivity index (χ0) is 17.0. The van der Waals surface area contributed by atoms with E-state index in [1.165, 1.54) is 9.75 Å². The van der Waals surface area contributed by atoms with E-state index in [0.717, 1.165) is 0 Å². The minimum Gasteiger partial charge on any atom is -0.444 e. The third-order valence-corrected chi connectivity index (χ3v) is 4.43. The van der Waals surface area contributed by atoms with Gasteiger partial charge in [-0.25, -0.2) is 9.79 Å². The number of ether oxygens (including phenoxy) is 1. The number of aryl methyl sites for hydroxylation is 1. The molecule has 0 aliphatic carbocycles. The number of hydrogen-bond acceptors (Lipinski definition) is 4. The van der Waals surface area contributed by atoms with E-state index in [0.29, 0.717) is 38.7 Å². The molecule has 2 N–H and O–H groups in total. The number of rotatable bonds is 2. The molecular formula is C16H26N4O2S. The molecule has 1 aliphatic rings. The first kappa shape index (κ1) is 17.6. The second kappa shape index (κ2) is 7.21. The van der Waals surface area contributed by atoms with Crippen molar-refractivity contribution in [1.82, 2.24) is 9.80 Å². The summed E-state index contributed by atoms with van der Waals surface area (Å²) < 4.78 is 5.39. The Morgan fingerprint density at radius 2 is 1.87 bits per heavy atom. The summed E-state index contributed by atoms with van der Waals surface area (Å²) in [7, 11) is 0. The van der Waals surface area contributed by atoms with Crippen molar-refractivity contribution in [2.45, 2.75) is 39.8 Å². The van der Waals surface area contributed by atoms with Gasteiger partial charge >= 0.3 is 6.09 Å². The van der Waals surface area contributed by atoms with E-state index in [1.807, 2.05) is 25.7 Å². The number of carbonyl (C=O) groups is 1. The molecule has 1 aliphatic heterocycles. The molecule has 23 heavy (non-hydrogen) atoms. The van der Waals surface area contributed by atoms with Crippen molar-refractivity contribution in [2.75, 3.05) is 26.2 Å². The zero-order valence-corrected chi connectivity index (χ0v) is 15.2. The molecule has 0 bridgehead atoms. The maximum atomic E-state index is 12.0. The molecule has 1 aromatic heterocycles. The van der Waals surface area contributed by atoms with Crippen LogP contribution in [0.3, 0.4) is 0 Å². The highest BCUT2D eigenvalue weighted by Crippen LogP contribution is 2.16. The summed E-state index contributed by atoms with van der Waals surface area (Å²) in [4.78, 5) is 22.7. The summed E-state index contributed by atoms with van der Waals surface area (Å²) >= 11 is 1.74. The summed E-state index contributed by atoms with van der Waals surface area (Å²) in [6.45, 7) is 10.9. The molecule has 0 spiro atoms. The highest BCUT2D eigenvalue weighted by molar-refractivity contribution is 7.11. The fourth-order valence-electron chi connectivity index (χ4n) is 2.27. The minimum atomic E-state index is -0.465. The molecule has 0 radical (unpaired) electrons. The molecule has 0 atom stereocenters. The Morgan fingerprint density at radius 1 is 1.26 bits per heavy atom. The summed E-state index contributed by atoms with van der Waals surface area (Å²) in [5.74, 6) is 0.542. The molecule has 7 heteroatoms. The number of nitrogens with zero attached hydrogens (tertiary/aromatic N) is 3. The predicted molar refractivity (Wildman–Crippen MR) is 93.8 cm³/mol. The average Bonchev–Trinajstić information content (AvgIpc) is 2.89. The van der Waals surface area contributed by atoms with Crippen LogP contribution in [0.25, 0.3) is 0 Å². The van der Waals surface area contributed by atoms with Crippen molar-refractivity contribution in [3.8, 4) is 0 Å². The smallest absolute Gasteiger partial charge is 0.410 e. The minimum absolute atomic E-state index is 0.262. The van der Waals surface area contributed by atoms with Gasteiger partial charge in [-0.1, -0.05) is 0 Å². The number of thiophene rings is 1. The molecule has 0 unspecified atom stereocenters. The number of amides is 1. The molecule has 128 valence electrons. The van der Waals surface area contributed by atoms with Crippen LogP contribution in [-0.2, 0) is 11.3 Å². The third kappa shape index (κ3) is 5.42. The van der Waals surface area contributed by atoms with Gasteiger partial charge in [0.05, 0.1) is 6.54 Å². The Morgan fingerprint density at radius 3 is 2.39 bits per heavy atom. The summed E-state index contributed by atoms with van der Waals surface area (Å²) in [5.41, 5.74) is 5.61. The van der Waals surface area contributed by atoms with Crippen molar-refractivity contribution < 1.29 is 9.53 Å². The molecule has 2 rings (SSSR count). The molecular weight excluding hydrogens is 312 g/mol. The second-order valence-electron chi connectivity index (χ2n) is 6.64. The van der Waals surface area contributed by atoms with Crippen LogP contribution in [0.15, 0.2) is 17.1 Å². The first-order chi connectivity index (χ1) is 10.7. The Labute approximate surface area is 141 Å². The molecule has 1 amide bonds. The van der Waals surface area contributed by atoms with Gasteiger partial charge in [-0.05, 0) is 39.8 Å². The van der Waals surface area contributed by atoms with E-state index in [-0.39, 0.29) is 6.09 Å². The Hall–Kier alpha value is -1.76. The van der Waals surface area contributed by atoms with E-state index in [1.54, 1.807) is 16.2 Å². The van der Waals surface area contributed by atoms with Crippen LogP contribution in [0.2, 0.25) is 0 Å². The number of aliphatic imine (C=N–C) groups is 1. The van der Waals surface area contributed by atoms with Crippen LogP contribution in [0.4, 0.5) is 4.79 Å². The standard InChI is InChI=1S/C16H26N4O2S/c1-12-5-6-13(23-12)11-18-14(17)19-7-9-20(10-8-19)15(21)22-16(2,3)4/h5-6H,7-11H2,1-4H3,(H2,17,18).